The zero-order valence-corrected chi connectivity index (χ0v) is 15.8. The summed E-state index contributed by atoms with van der Waals surface area (Å²) < 4.78 is 10.8. The van der Waals surface area contributed by atoms with Crippen LogP contribution in [0.2, 0.25) is 0 Å². The van der Waals surface area contributed by atoms with Crippen molar-refractivity contribution in [1.29, 1.82) is 0 Å². The molecule has 26 heavy (non-hydrogen) atoms. The molecule has 5 heteroatoms. The Morgan fingerprint density at radius 3 is 2.65 bits per heavy atom. The number of hydrogen-bond donors (Lipinski definition) is 0. The Morgan fingerprint density at radius 2 is 1.92 bits per heavy atom. The Bertz CT molecular complexity index is 815. The van der Waals surface area contributed by atoms with Gasteiger partial charge in [-0.05, 0) is 63.5 Å². The fourth-order valence-corrected chi connectivity index (χ4v) is 3.04. The van der Waals surface area contributed by atoms with Crippen molar-refractivity contribution in [2.45, 2.75) is 19.5 Å². The lowest BCUT2D eigenvalue weighted by Crippen LogP contribution is -2.27. The summed E-state index contributed by atoms with van der Waals surface area (Å²) in [4.78, 5) is 9.43. The molecule has 0 spiro atoms. The number of benzene rings is 1. The Morgan fingerprint density at radius 1 is 1.04 bits per heavy atom. The molecule has 0 saturated heterocycles. The molecule has 0 amide bonds. The van der Waals surface area contributed by atoms with Gasteiger partial charge in [0.25, 0.3) is 0 Å². The van der Waals surface area contributed by atoms with Crippen LogP contribution in [0.15, 0.2) is 53.1 Å². The van der Waals surface area contributed by atoms with Gasteiger partial charge in [0.15, 0.2) is 0 Å². The fourth-order valence-electron chi connectivity index (χ4n) is 3.04. The van der Waals surface area contributed by atoms with Crippen LogP contribution in [0.3, 0.4) is 0 Å². The largest absolute Gasteiger partial charge is 0.497 e. The highest BCUT2D eigenvalue weighted by Gasteiger charge is 2.11. The van der Waals surface area contributed by atoms with Crippen LogP contribution in [0.1, 0.15) is 17.9 Å². The molecule has 5 nitrogen and oxygen atoms in total. The van der Waals surface area contributed by atoms with Gasteiger partial charge in [-0.3, -0.25) is 9.88 Å². The highest BCUT2D eigenvalue weighted by Crippen LogP contribution is 2.20. The summed E-state index contributed by atoms with van der Waals surface area (Å²) in [6, 6.07) is 14.2. The van der Waals surface area contributed by atoms with E-state index in [1.54, 1.807) is 13.4 Å². The topological polar surface area (TPSA) is 41.7 Å². The van der Waals surface area contributed by atoms with Crippen LogP contribution < -0.4 is 4.74 Å². The van der Waals surface area contributed by atoms with Gasteiger partial charge in [-0.1, -0.05) is 6.07 Å². The number of furan rings is 1. The first-order chi connectivity index (χ1) is 12.6. The van der Waals surface area contributed by atoms with E-state index in [9.17, 15) is 0 Å². The van der Waals surface area contributed by atoms with Gasteiger partial charge in [0.1, 0.15) is 11.5 Å². The van der Waals surface area contributed by atoms with E-state index in [1.807, 2.05) is 30.3 Å². The predicted octanol–water partition coefficient (Wildman–Crippen LogP) is 3.79. The number of ether oxygens (including phenoxy) is 1. The molecule has 3 rings (SSSR count). The number of nitrogens with zero attached hydrogens (tertiary/aromatic N) is 3. The lowest BCUT2D eigenvalue weighted by Gasteiger charge is -2.22. The highest BCUT2D eigenvalue weighted by molar-refractivity contribution is 5.80. The number of aromatic nitrogens is 1. The molecule has 0 radical (unpaired) electrons. The number of methoxy groups -OCH3 is 1. The van der Waals surface area contributed by atoms with Gasteiger partial charge in [0.05, 0.1) is 31.1 Å². The van der Waals surface area contributed by atoms with Crippen LogP contribution in [0.4, 0.5) is 0 Å². The minimum Gasteiger partial charge on any atom is -0.497 e. The second-order valence-electron chi connectivity index (χ2n) is 6.81. The Hall–Kier alpha value is -2.37. The van der Waals surface area contributed by atoms with E-state index < -0.39 is 0 Å². The minimum atomic E-state index is 0.794. The van der Waals surface area contributed by atoms with Gasteiger partial charge < -0.3 is 14.1 Å². The van der Waals surface area contributed by atoms with E-state index in [1.165, 1.54) is 0 Å². The molecule has 0 N–H and O–H groups in total. The summed E-state index contributed by atoms with van der Waals surface area (Å²) >= 11 is 0. The van der Waals surface area contributed by atoms with Crippen LogP contribution in [0.5, 0.6) is 5.75 Å². The number of hydrogen-bond acceptors (Lipinski definition) is 5. The molecule has 138 valence electrons. The molecule has 0 atom stereocenters. The molecule has 0 bridgehead atoms. The zero-order valence-electron chi connectivity index (χ0n) is 15.8. The van der Waals surface area contributed by atoms with Crippen LogP contribution in [-0.2, 0) is 13.1 Å². The Balaban J connectivity index is 1.72. The summed E-state index contributed by atoms with van der Waals surface area (Å²) in [6.07, 6.45) is 2.84. The maximum atomic E-state index is 5.54. The van der Waals surface area contributed by atoms with E-state index in [0.717, 1.165) is 60.7 Å². The van der Waals surface area contributed by atoms with Gasteiger partial charge in [-0.2, -0.15) is 0 Å². The maximum absolute atomic E-state index is 5.54. The summed E-state index contributed by atoms with van der Waals surface area (Å²) in [5.41, 5.74) is 2.06. The van der Waals surface area contributed by atoms with Crippen molar-refractivity contribution < 1.29 is 9.15 Å². The van der Waals surface area contributed by atoms with Gasteiger partial charge in [-0.15, -0.1) is 0 Å². The first-order valence-electron chi connectivity index (χ1n) is 8.97. The lowest BCUT2D eigenvalue weighted by atomic mass is 10.2. The van der Waals surface area contributed by atoms with Gasteiger partial charge >= 0.3 is 0 Å². The standard InChI is InChI=1S/C21H27N3O2/c1-23(2)11-5-12-24(16-20-6-4-13-26-20)15-18-8-7-17-14-19(25-3)9-10-21(17)22-18/h4,6-10,13-14H,5,11-12,15-16H2,1-3H3. The molecular formula is C21H27N3O2. The molecule has 3 aromatic rings. The minimum absolute atomic E-state index is 0.794. The summed E-state index contributed by atoms with van der Waals surface area (Å²) in [7, 11) is 5.90. The van der Waals surface area contributed by atoms with Crippen molar-refractivity contribution in [1.82, 2.24) is 14.8 Å². The van der Waals surface area contributed by atoms with Crippen molar-refractivity contribution >= 4 is 10.9 Å². The van der Waals surface area contributed by atoms with Gasteiger partial charge in [-0.25, -0.2) is 0 Å². The number of rotatable bonds is 9. The second-order valence-corrected chi connectivity index (χ2v) is 6.81. The van der Waals surface area contributed by atoms with Crippen molar-refractivity contribution in [2.24, 2.45) is 0 Å². The molecule has 2 aromatic heterocycles. The third-order valence-electron chi connectivity index (χ3n) is 4.38. The van der Waals surface area contributed by atoms with Gasteiger partial charge in [0, 0.05) is 18.5 Å². The van der Waals surface area contributed by atoms with E-state index in [4.69, 9.17) is 14.1 Å². The van der Waals surface area contributed by atoms with Gasteiger partial charge in [0.2, 0.25) is 0 Å². The monoisotopic (exact) mass is 353 g/mol. The van der Waals surface area contributed by atoms with E-state index in [-0.39, 0.29) is 0 Å². The maximum Gasteiger partial charge on any atom is 0.119 e. The van der Waals surface area contributed by atoms with E-state index >= 15 is 0 Å². The molecular weight excluding hydrogens is 326 g/mol. The molecule has 0 aliphatic heterocycles. The van der Waals surface area contributed by atoms with Crippen molar-refractivity contribution in [2.75, 3.05) is 34.3 Å². The van der Waals surface area contributed by atoms with Crippen LogP contribution in [0, 0.1) is 0 Å². The third-order valence-corrected chi connectivity index (χ3v) is 4.38. The molecule has 0 aliphatic rings. The van der Waals surface area contributed by atoms with Crippen molar-refractivity contribution in [3.05, 3.63) is 60.2 Å². The quantitative estimate of drug-likeness (QED) is 0.585. The van der Waals surface area contributed by atoms with Crippen LogP contribution in [0.25, 0.3) is 10.9 Å². The summed E-state index contributed by atoms with van der Waals surface area (Å²) in [6.45, 7) is 3.67. The average molecular weight is 353 g/mol. The SMILES string of the molecule is COc1ccc2nc(CN(CCCN(C)C)Cc3ccco3)ccc2c1. The Labute approximate surface area is 155 Å². The summed E-state index contributed by atoms with van der Waals surface area (Å²) in [5, 5.41) is 1.10. The smallest absolute Gasteiger partial charge is 0.119 e. The fraction of sp³-hybridized carbons (Fsp3) is 0.381. The average Bonchev–Trinajstić information content (AvgIpc) is 3.14. The normalized spacial score (nSPS) is 11.6. The first kappa shape index (κ1) is 18.4. The molecule has 0 saturated carbocycles. The van der Waals surface area contributed by atoms with Crippen LogP contribution >= 0.6 is 0 Å². The van der Waals surface area contributed by atoms with E-state index in [0.29, 0.717) is 0 Å². The first-order valence-corrected chi connectivity index (χ1v) is 8.97. The lowest BCUT2D eigenvalue weighted by molar-refractivity contribution is 0.220. The Kier molecular flexibility index (Phi) is 6.26. The number of pyridine rings is 1. The zero-order chi connectivity index (χ0) is 18.4. The van der Waals surface area contributed by atoms with E-state index in [2.05, 4.69) is 36.0 Å². The molecule has 0 aliphatic carbocycles. The molecule has 0 unspecified atom stereocenters. The molecule has 0 fully saturated rings. The second kappa shape index (κ2) is 8.83. The third kappa shape index (κ3) is 5.07. The molecule has 1 aromatic carbocycles. The van der Waals surface area contributed by atoms with Crippen molar-refractivity contribution in [3.63, 3.8) is 0 Å². The highest BCUT2D eigenvalue weighted by atomic mass is 16.5. The molecule has 2 heterocycles. The van der Waals surface area contributed by atoms with Crippen LogP contribution in [-0.4, -0.2) is 49.1 Å². The summed E-state index contributed by atoms with van der Waals surface area (Å²) in [5.74, 6) is 1.84. The number of fused-ring (bicyclic) bond motifs is 1. The predicted molar refractivity (Wildman–Crippen MR) is 104 cm³/mol. The van der Waals surface area contributed by atoms with Crippen molar-refractivity contribution in [3.8, 4) is 5.75 Å².